The zero-order valence-corrected chi connectivity index (χ0v) is 18.6. The Labute approximate surface area is 187 Å². The minimum absolute atomic E-state index is 0.0334. The molecule has 4 heterocycles. The molecule has 1 saturated carbocycles. The number of benzene rings is 1. The highest BCUT2D eigenvalue weighted by Crippen LogP contribution is 2.42. The van der Waals surface area contributed by atoms with Crippen molar-refractivity contribution in [2.45, 2.75) is 57.5 Å². The molecule has 0 radical (unpaired) electrons. The molecule has 2 aliphatic heterocycles. The number of nitrogens with zero attached hydrogens (tertiary/aromatic N) is 4. The third-order valence-corrected chi connectivity index (χ3v) is 6.77. The predicted octanol–water partition coefficient (Wildman–Crippen LogP) is 4.64. The van der Waals surface area contributed by atoms with Crippen LogP contribution in [0.25, 0.3) is 11.0 Å². The van der Waals surface area contributed by atoms with E-state index < -0.39 is 0 Å². The van der Waals surface area contributed by atoms with Crippen molar-refractivity contribution in [3.05, 3.63) is 47.3 Å². The molecule has 1 unspecified atom stereocenters. The van der Waals surface area contributed by atoms with Crippen molar-refractivity contribution in [3.8, 4) is 11.5 Å². The summed E-state index contributed by atoms with van der Waals surface area (Å²) in [6, 6.07) is 8.32. The summed E-state index contributed by atoms with van der Waals surface area (Å²) >= 11 is 0. The Balaban J connectivity index is 1.39. The second-order valence-electron chi connectivity index (χ2n) is 9.35. The van der Waals surface area contributed by atoms with E-state index in [9.17, 15) is 4.79 Å². The Kier molecular flexibility index (Phi) is 4.59. The Morgan fingerprint density at radius 3 is 2.69 bits per heavy atom. The van der Waals surface area contributed by atoms with E-state index in [0.717, 1.165) is 71.6 Å². The molecule has 1 aromatic carbocycles. The fraction of sp³-hybridized carbons (Fsp3) is 0.480. The molecule has 0 bridgehead atoms. The summed E-state index contributed by atoms with van der Waals surface area (Å²) in [6.45, 7) is 6.07. The summed E-state index contributed by atoms with van der Waals surface area (Å²) in [5.74, 6) is 2.09. The Morgan fingerprint density at radius 1 is 1.09 bits per heavy atom. The van der Waals surface area contributed by atoms with Gasteiger partial charge in [-0.05, 0) is 63.3 Å². The van der Waals surface area contributed by atoms with Crippen LogP contribution in [0.4, 0.5) is 0 Å². The van der Waals surface area contributed by atoms with E-state index in [2.05, 4.69) is 25.0 Å². The van der Waals surface area contributed by atoms with Crippen LogP contribution in [0.15, 0.2) is 30.5 Å². The maximum atomic E-state index is 13.9. The van der Waals surface area contributed by atoms with Gasteiger partial charge in [0.15, 0.2) is 17.1 Å². The molecule has 2 fully saturated rings. The summed E-state index contributed by atoms with van der Waals surface area (Å²) in [6.07, 6.45) is 6.03. The maximum Gasteiger partial charge on any atom is 0.255 e. The number of hydrogen-bond acceptors (Lipinski definition) is 5. The first-order valence-electron chi connectivity index (χ1n) is 11.7. The molecular formula is C25H28N4O3. The van der Waals surface area contributed by atoms with Crippen LogP contribution in [0.2, 0.25) is 0 Å². The van der Waals surface area contributed by atoms with Crippen molar-refractivity contribution in [2.24, 2.45) is 0 Å². The van der Waals surface area contributed by atoms with E-state index >= 15 is 0 Å². The molecule has 7 heteroatoms. The van der Waals surface area contributed by atoms with Crippen LogP contribution < -0.4 is 9.47 Å². The van der Waals surface area contributed by atoms with Crippen LogP contribution in [0.1, 0.15) is 79.1 Å². The van der Waals surface area contributed by atoms with Crippen molar-refractivity contribution < 1.29 is 14.3 Å². The number of likely N-dealkylation sites (tertiary alicyclic amines) is 1. The lowest BCUT2D eigenvalue weighted by Crippen LogP contribution is -2.31. The third-order valence-electron chi connectivity index (χ3n) is 6.77. The van der Waals surface area contributed by atoms with Crippen LogP contribution in [-0.4, -0.2) is 45.3 Å². The number of carbonyl (C=O) groups is 1. The highest BCUT2D eigenvalue weighted by atomic mass is 16.6. The monoisotopic (exact) mass is 432 g/mol. The van der Waals surface area contributed by atoms with Gasteiger partial charge in [0.1, 0.15) is 13.2 Å². The van der Waals surface area contributed by atoms with E-state index in [1.807, 2.05) is 27.8 Å². The standard InChI is InChI=1S/C25H28N4O3/c1-15(2)29-24-19(14-26-29)18(13-20(27-24)16-5-6-16)25(30)28-9-3-4-21(28)17-7-8-22-23(12-17)32-11-10-31-22/h7-8,12-16,21H,3-6,9-11H2,1-2H3. The van der Waals surface area contributed by atoms with Crippen LogP contribution in [0.5, 0.6) is 11.5 Å². The van der Waals surface area contributed by atoms with Gasteiger partial charge >= 0.3 is 0 Å². The minimum Gasteiger partial charge on any atom is -0.486 e. The number of ether oxygens (including phenoxy) is 2. The van der Waals surface area contributed by atoms with Gasteiger partial charge in [0, 0.05) is 24.2 Å². The van der Waals surface area contributed by atoms with E-state index in [0.29, 0.717) is 19.1 Å². The molecule has 0 N–H and O–H groups in total. The summed E-state index contributed by atoms with van der Waals surface area (Å²) in [4.78, 5) is 20.8. The molecule has 32 heavy (non-hydrogen) atoms. The molecule has 3 aromatic rings. The fourth-order valence-corrected chi connectivity index (χ4v) is 4.96. The van der Waals surface area contributed by atoms with E-state index in [1.165, 1.54) is 0 Å². The van der Waals surface area contributed by atoms with Gasteiger partial charge in [0.05, 0.1) is 23.2 Å². The molecule has 1 aliphatic carbocycles. The number of rotatable bonds is 4. The lowest BCUT2D eigenvalue weighted by atomic mass is 10.0. The van der Waals surface area contributed by atoms with Gasteiger partial charge < -0.3 is 14.4 Å². The lowest BCUT2D eigenvalue weighted by Gasteiger charge is -2.27. The molecular weight excluding hydrogens is 404 g/mol. The average Bonchev–Trinajstić information content (AvgIpc) is 3.38. The fourth-order valence-electron chi connectivity index (χ4n) is 4.96. The predicted molar refractivity (Wildman–Crippen MR) is 120 cm³/mol. The van der Waals surface area contributed by atoms with Crippen molar-refractivity contribution in [1.82, 2.24) is 19.7 Å². The zero-order valence-electron chi connectivity index (χ0n) is 18.6. The quantitative estimate of drug-likeness (QED) is 0.601. The average molecular weight is 433 g/mol. The first-order valence-corrected chi connectivity index (χ1v) is 11.7. The number of amides is 1. The molecule has 7 nitrogen and oxygen atoms in total. The molecule has 1 saturated heterocycles. The van der Waals surface area contributed by atoms with Crippen molar-refractivity contribution in [3.63, 3.8) is 0 Å². The second kappa shape index (κ2) is 7.50. The van der Waals surface area contributed by atoms with Crippen LogP contribution >= 0.6 is 0 Å². The van der Waals surface area contributed by atoms with E-state index in [1.54, 1.807) is 6.20 Å². The van der Waals surface area contributed by atoms with Gasteiger partial charge in [0.25, 0.3) is 5.91 Å². The second-order valence-corrected chi connectivity index (χ2v) is 9.35. The Hall–Kier alpha value is -3.09. The molecule has 1 atom stereocenters. The summed E-state index contributed by atoms with van der Waals surface area (Å²) < 4.78 is 13.4. The molecule has 166 valence electrons. The maximum absolute atomic E-state index is 13.9. The summed E-state index contributed by atoms with van der Waals surface area (Å²) in [7, 11) is 0. The number of pyridine rings is 1. The summed E-state index contributed by atoms with van der Waals surface area (Å²) in [5.41, 5.74) is 3.68. The highest BCUT2D eigenvalue weighted by Gasteiger charge is 2.34. The van der Waals surface area contributed by atoms with Gasteiger partial charge in [-0.15, -0.1) is 0 Å². The first kappa shape index (κ1) is 19.6. The molecule has 1 amide bonds. The number of aromatic nitrogens is 3. The van der Waals surface area contributed by atoms with Gasteiger partial charge in [-0.2, -0.15) is 5.10 Å². The lowest BCUT2D eigenvalue weighted by molar-refractivity contribution is 0.0737. The SMILES string of the molecule is CC(C)n1ncc2c(C(=O)N3CCCC3c3ccc4c(c3)OCCO4)cc(C3CC3)nc21. The van der Waals surface area contributed by atoms with Gasteiger partial charge in [-0.1, -0.05) is 6.07 Å². The van der Waals surface area contributed by atoms with Crippen LogP contribution in [-0.2, 0) is 0 Å². The Morgan fingerprint density at radius 2 is 1.91 bits per heavy atom. The van der Waals surface area contributed by atoms with Crippen molar-refractivity contribution >= 4 is 16.9 Å². The van der Waals surface area contributed by atoms with Gasteiger partial charge in [0.2, 0.25) is 0 Å². The van der Waals surface area contributed by atoms with Gasteiger partial charge in [-0.3, -0.25) is 4.79 Å². The van der Waals surface area contributed by atoms with Crippen molar-refractivity contribution in [1.29, 1.82) is 0 Å². The zero-order chi connectivity index (χ0) is 21.8. The largest absolute Gasteiger partial charge is 0.486 e. The highest BCUT2D eigenvalue weighted by molar-refractivity contribution is 6.05. The molecule has 0 spiro atoms. The normalized spacial score (nSPS) is 20.3. The van der Waals surface area contributed by atoms with Crippen LogP contribution in [0, 0.1) is 0 Å². The Bertz CT molecular complexity index is 1200. The molecule has 6 rings (SSSR count). The minimum atomic E-state index is 0.0334. The van der Waals surface area contributed by atoms with Crippen LogP contribution in [0.3, 0.4) is 0 Å². The smallest absolute Gasteiger partial charge is 0.255 e. The summed E-state index contributed by atoms with van der Waals surface area (Å²) in [5, 5.41) is 5.41. The molecule has 2 aromatic heterocycles. The number of carbonyl (C=O) groups excluding carboxylic acids is 1. The van der Waals surface area contributed by atoms with Crippen molar-refractivity contribution in [2.75, 3.05) is 19.8 Å². The van der Waals surface area contributed by atoms with E-state index in [-0.39, 0.29) is 18.0 Å². The third kappa shape index (κ3) is 3.22. The van der Waals surface area contributed by atoms with E-state index in [4.69, 9.17) is 14.5 Å². The van der Waals surface area contributed by atoms with Gasteiger partial charge in [-0.25, -0.2) is 9.67 Å². The number of fused-ring (bicyclic) bond motifs is 2. The number of hydrogen-bond donors (Lipinski definition) is 0. The first-order chi connectivity index (χ1) is 15.6. The topological polar surface area (TPSA) is 69.5 Å². The molecule has 3 aliphatic rings.